The van der Waals surface area contributed by atoms with E-state index in [4.69, 9.17) is 5.11 Å². The summed E-state index contributed by atoms with van der Waals surface area (Å²) in [6.45, 7) is 4.40. The monoisotopic (exact) mass is 251 g/mol. The fourth-order valence-corrected chi connectivity index (χ4v) is 3.31. The van der Waals surface area contributed by atoms with Crippen LogP contribution in [-0.4, -0.2) is 34.3 Å². The zero-order valence-electron chi connectivity index (χ0n) is 10.1. The number of hydrogen-bond acceptors (Lipinski definition) is 3. The highest BCUT2D eigenvalue weighted by Gasteiger charge is 2.37. The molecule has 0 saturated carbocycles. The van der Waals surface area contributed by atoms with E-state index < -0.39 is 0 Å². The fourth-order valence-electron chi connectivity index (χ4n) is 2.00. The van der Waals surface area contributed by atoms with Gasteiger partial charge in [0, 0.05) is 6.54 Å². The molecule has 2 atom stereocenters. The van der Waals surface area contributed by atoms with Gasteiger partial charge < -0.3 is 10.0 Å². The van der Waals surface area contributed by atoms with E-state index in [0.29, 0.717) is 6.54 Å². The number of carbonyl (C=O) groups excluding carboxylic acids is 1. The van der Waals surface area contributed by atoms with Crippen molar-refractivity contribution < 1.29 is 9.90 Å². The number of amides is 1. The molecule has 1 fully saturated rings. The molecule has 92 valence electrons. The lowest BCUT2D eigenvalue weighted by Crippen LogP contribution is -2.32. The van der Waals surface area contributed by atoms with Crippen LogP contribution < -0.4 is 0 Å². The standard InChI is InChI=1S/C13H17NO2S/c1-9-3-5-11(6-4-9)13-14(7-8-15)12(16)10(2)17-13/h3-6,10,13,15H,7-8H2,1-2H3/t10-,13-/m1/s1. The number of nitrogens with zero attached hydrogens (tertiary/aromatic N) is 1. The van der Waals surface area contributed by atoms with Crippen LogP contribution in [0.1, 0.15) is 23.4 Å². The maximum Gasteiger partial charge on any atom is 0.236 e. The Labute approximate surface area is 106 Å². The first-order chi connectivity index (χ1) is 8.13. The summed E-state index contributed by atoms with van der Waals surface area (Å²) in [5.41, 5.74) is 2.34. The molecule has 0 aromatic heterocycles. The van der Waals surface area contributed by atoms with Crippen LogP contribution in [0.4, 0.5) is 0 Å². The Bertz CT molecular complexity index is 404. The Morgan fingerprint density at radius 3 is 2.59 bits per heavy atom. The molecule has 0 radical (unpaired) electrons. The number of rotatable bonds is 3. The van der Waals surface area contributed by atoms with Gasteiger partial charge in [0.25, 0.3) is 0 Å². The number of hydrogen-bond donors (Lipinski definition) is 1. The summed E-state index contributed by atoms with van der Waals surface area (Å²) in [4.78, 5) is 13.7. The maximum absolute atomic E-state index is 11.9. The van der Waals surface area contributed by atoms with Crippen molar-refractivity contribution in [1.82, 2.24) is 4.90 Å². The van der Waals surface area contributed by atoms with Crippen molar-refractivity contribution in [3.8, 4) is 0 Å². The molecule has 0 bridgehead atoms. The van der Waals surface area contributed by atoms with Crippen molar-refractivity contribution in [2.75, 3.05) is 13.2 Å². The van der Waals surface area contributed by atoms with Crippen LogP contribution in [0.2, 0.25) is 0 Å². The molecule has 1 saturated heterocycles. The van der Waals surface area contributed by atoms with Crippen molar-refractivity contribution >= 4 is 17.7 Å². The van der Waals surface area contributed by atoms with Crippen LogP contribution in [0.15, 0.2) is 24.3 Å². The average molecular weight is 251 g/mol. The second kappa shape index (κ2) is 5.10. The maximum atomic E-state index is 11.9. The highest BCUT2D eigenvalue weighted by molar-refractivity contribution is 8.01. The van der Waals surface area contributed by atoms with E-state index in [1.165, 1.54) is 5.56 Å². The molecule has 2 rings (SSSR count). The second-order valence-electron chi connectivity index (χ2n) is 4.30. The molecule has 1 aromatic rings. The molecule has 0 aliphatic carbocycles. The quantitative estimate of drug-likeness (QED) is 0.892. The summed E-state index contributed by atoms with van der Waals surface area (Å²) in [5, 5.41) is 9.06. The molecule has 1 heterocycles. The molecule has 1 aromatic carbocycles. The number of aliphatic hydroxyl groups excluding tert-OH is 1. The topological polar surface area (TPSA) is 40.5 Å². The molecule has 1 amide bonds. The van der Waals surface area contributed by atoms with Crippen molar-refractivity contribution in [1.29, 1.82) is 0 Å². The lowest BCUT2D eigenvalue weighted by atomic mass is 10.1. The Morgan fingerprint density at radius 1 is 1.35 bits per heavy atom. The van der Waals surface area contributed by atoms with Gasteiger partial charge >= 0.3 is 0 Å². The zero-order chi connectivity index (χ0) is 12.4. The van der Waals surface area contributed by atoms with Gasteiger partial charge in [-0.05, 0) is 19.4 Å². The third kappa shape index (κ3) is 2.48. The third-order valence-corrected chi connectivity index (χ3v) is 4.34. The number of benzene rings is 1. The predicted molar refractivity (Wildman–Crippen MR) is 69.8 cm³/mol. The molecule has 0 unspecified atom stereocenters. The van der Waals surface area contributed by atoms with Crippen molar-refractivity contribution in [3.63, 3.8) is 0 Å². The SMILES string of the molecule is Cc1ccc([C@H]2S[C@H](C)C(=O)N2CCO)cc1. The molecule has 1 N–H and O–H groups in total. The van der Waals surface area contributed by atoms with E-state index >= 15 is 0 Å². The van der Waals surface area contributed by atoms with Crippen LogP contribution in [0.5, 0.6) is 0 Å². The van der Waals surface area contributed by atoms with Crippen LogP contribution in [-0.2, 0) is 4.79 Å². The highest BCUT2D eigenvalue weighted by atomic mass is 32.2. The Hall–Kier alpha value is -1.00. The van der Waals surface area contributed by atoms with Crippen LogP contribution >= 0.6 is 11.8 Å². The minimum atomic E-state index is -0.0205. The van der Waals surface area contributed by atoms with Gasteiger partial charge in [-0.2, -0.15) is 0 Å². The minimum Gasteiger partial charge on any atom is -0.395 e. The first kappa shape index (κ1) is 12.5. The highest BCUT2D eigenvalue weighted by Crippen LogP contribution is 2.42. The number of aryl methyl sites for hydroxylation is 1. The number of carbonyl (C=O) groups is 1. The molecule has 17 heavy (non-hydrogen) atoms. The molecule has 0 spiro atoms. The summed E-state index contributed by atoms with van der Waals surface area (Å²) in [6, 6.07) is 8.23. The second-order valence-corrected chi connectivity index (χ2v) is 5.72. The van der Waals surface area contributed by atoms with Gasteiger partial charge in [0.15, 0.2) is 0 Å². The third-order valence-electron chi connectivity index (χ3n) is 2.95. The largest absolute Gasteiger partial charge is 0.395 e. The molecule has 3 nitrogen and oxygen atoms in total. The van der Waals surface area contributed by atoms with Gasteiger partial charge in [-0.15, -0.1) is 11.8 Å². The van der Waals surface area contributed by atoms with Crippen LogP contribution in [0, 0.1) is 6.92 Å². The van der Waals surface area contributed by atoms with Gasteiger partial charge in [0.2, 0.25) is 5.91 Å². The van der Waals surface area contributed by atoms with Crippen LogP contribution in [0.3, 0.4) is 0 Å². The number of thioether (sulfide) groups is 1. The molecule has 1 aliphatic rings. The van der Waals surface area contributed by atoms with E-state index in [2.05, 4.69) is 24.3 Å². The molecule has 1 aliphatic heterocycles. The summed E-state index contributed by atoms with van der Waals surface area (Å²) in [5.74, 6) is 0.120. The Balaban J connectivity index is 2.24. The van der Waals surface area contributed by atoms with Crippen molar-refractivity contribution in [2.24, 2.45) is 0 Å². The van der Waals surface area contributed by atoms with E-state index in [9.17, 15) is 4.79 Å². The van der Waals surface area contributed by atoms with E-state index in [1.807, 2.05) is 13.8 Å². The fraction of sp³-hybridized carbons (Fsp3) is 0.462. The lowest BCUT2D eigenvalue weighted by Gasteiger charge is -2.23. The van der Waals surface area contributed by atoms with Gasteiger partial charge in [0.05, 0.1) is 11.9 Å². The predicted octanol–water partition coefficient (Wildman–Crippen LogP) is 1.95. The van der Waals surface area contributed by atoms with Crippen molar-refractivity contribution in [3.05, 3.63) is 35.4 Å². The van der Waals surface area contributed by atoms with Gasteiger partial charge in [0.1, 0.15) is 5.37 Å². The van der Waals surface area contributed by atoms with Crippen molar-refractivity contribution in [2.45, 2.75) is 24.5 Å². The van der Waals surface area contributed by atoms with Gasteiger partial charge in [-0.3, -0.25) is 4.79 Å². The molecular weight excluding hydrogens is 234 g/mol. The normalized spacial score (nSPS) is 24.4. The van der Waals surface area contributed by atoms with E-state index in [1.54, 1.807) is 16.7 Å². The van der Waals surface area contributed by atoms with Crippen LogP contribution in [0.25, 0.3) is 0 Å². The average Bonchev–Trinajstić information content (AvgIpc) is 2.59. The summed E-state index contributed by atoms with van der Waals surface area (Å²) >= 11 is 1.65. The Morgan fingerprint density at radius 2 is 2.00 bits per heavy atom. The first-order valence-corrected chi connectivity index (χ1v) is 6.71. The van der Waals surface area contributed by atoms with E-state index in [-0.39, 0.29) is 23.1 Å². The summed E-state index contributed by atoms with van der Waals surface area (Å²) in [6.07, 6.45) is 0. The summed E-state index contributed by atoms with van der Waals surface area (Å²) < 4.78 is 0. The number of aliphatic hydroxyl groups is 1. The zero-order valence-corrected chi connectivity index (χ0v) is 10.9. The van der Waals surface area contributed by atoms with Gasteiger partial charge in [-0.1, -0.05) is 29.8 Å². The molecule has 4 heteroatoms. The Kier molecular flexibility index (Phi) is 3.74. The lowest BCUT2D eigenvalue weighted by molar-refractivity contribution is -0.130. The minimum absolute atomic E-state index is 0.0153. The number of β-amino-alcohol motifs (C(OH)–C–C–N with tert-alkyl or cyclic N) is 1. The van der Waals surface area contributed by atoms with Gasteiger partial charge in [-0.25, -0.2) is 0 Å². The molecular formula is C13H17NO2S. The first-order valence-electron chi connectivity index (χ1n) is 5.77. The smallest absolute Gasteiger partial charge is 0.236 e. The van der Waals surface area contributed by atoms with E-state index in [0.717, 1.165) is 5.56 Å². The summed E-state index contributed by atoms with van der Waals surface area (Å²) in [7, 11) is 0.